The van der Waals surface area contributed by atoms with Gasteiger partial charge in [0.05, 0.1) is 31.8 Å². The van der Waals surface area contributed by atoms with Crippen LogP contribution in [0, 0.1) is 58.2 Å². The third kappa shape index (κ3) is 45.7. The van der Waals surface area contributed by atoms with Crippen LogP contribution < -0.4 is 26.6 Å². The number of hydrogen-bond donors (Lipinski definition) is 6. The minimum absolute atomic E-state index is 0. The number of epoxide rings is 1. The lowest BCUT2D eigenvalue weighted by Crippen LogP contribution is -2.49. The molecule has 6 N–H and O–H groups in total. The van der Waals surface area contributed by atoms with Gasteiger partial charge in [0.15, 0.2) is 0 Å². The van der Waals surface area contributed by atoms with Gasteiger partial charge in [-0.05, 0) is 224 Å². The Morgan fingerprint density at radius 1 is 0.450 bits per heavy atom. The topological polar surface area (TPSA) is 297 Å². The van der Waals surface area contributed by atoms with Gasteiger partial charge in [0.1, 0.15) is 111 Å². The number of benzene rings is 5. The summed E-state index contributed by atoms with van der Waals surface area (Å²) in [5, 5.41) is 22.1. The zero-order chi connectivity index (χ0) is 84.5. The van der Waals surface area contributed by atoms with Crippen LogP contribution in [0.2, 0.25) is 0 Å². The van der Waals surface area contributed by atoms with Crippen molar-refractivity contribution < 1.29 is 127 Å². The number of amides is 6. The second-order valence-electron chi connectivity index (χ2n) is 30.0. The Morgan fingerprint density at radius 3 is 0.973 bits per heavy atom. The molecule has 2 heterocycles. The highest BCUT2D eigenvalue weighted by Crippen LogP contribution is 2.22. The third-order valence-corrected chi connectivity index (χ3v) is 13.6. The van der Waals surface area contributed by atoms with Crippen LogP contribution in [-0.4, -0.2) is 157 Å². The van der Waals surface area contributed by atoms with Crippen molar-refractivity contribution in [1.29, 1.82) is 0 Å². The number of carboxylic acids is 1. The smallest absolute Gasteiger partial charge is 0.408 e. The number of nitrogens with one attached hydrogen (secondary N) is 5. The monoisotopic (exact) mass is 1590 g/mol. The molecule has 2 aliphatic heterocycles. The van der Waals surface area contributed by atoms with Gasteiger partial charge in [-0.1, -0.05) is 6.08 Å². The summed E-state index contributed by atoms with van der Waals surface area (Å²) >= 11 is 0. The Balaban J connectivity index is 0.000000687. The van der Waals surface area contributed by atoms with Crippen molar-refractivity contribution >= 4 is 48.6 Å². The van der Waals surface area contributed by atoms with Crippen molar-refractivity contribution in [2.24, 2.45) is 0 Å². The summed E-state index contributed by atoms with van der Waals surface area (Å²) < 4.78 is 167. The van der Waals surface area contributed by atoms with Crippen molar-refractivity contribution in [2.75, 3.05) is 34.0 Å². The number of hydrogen-bond acceptors (Lipinski definition) is 16. The van der Waals surface area contributed by atoms with E-state index < -0.39 is 153 Å². The molecule has 2 fully saturated rings. The number of carboxylic acid groups (broad SMARTS) is 1. The number of rotatable bonds is 21. The maximum absolute atomic E-state index is 13.3. The first-order valence-corrected chi connectivity index (χ1v) is 34.7. The zero-order valence-electron chi connectivity index (χ0n) is 65.3. The molecule has 5 aromatic rings. The molecule has 0 spiro atoms. The van der Waals surface area contributed by atoms with Gasteiger partial charge >= 0.3 is 36.4 Å². The molecule has 111 heavy (non-hydrogen) atoms. The number of ether oxygens (including phenoxy) is 7. The van der Waals surface area contributed by atoms with Crippen LogP contribution in [0.4, 0.5) is 67.9 Å². The van der Waals surface area contributed by atoms with Gasteiger partial charge in [0.2, 0.25) is 0 Å². The van der Waals surface area contributed by atoms with Gasteiger partial charge < -0.3 is 69.6 Å². The van der Waals surface area contributed by atoms with Crippen molar-refractivity contribution in [3.8, 4) is 0 Å². The average Bonchev–Trinajstić information content (AvgIpc) is 1.58. The van der Waals surface area contributed by atoms with Gasteiger partial charge in [-0.25, -0.2) is 77.7 Å². The first kappa shape index (κ1) is 97.1. The molecule has 2 saturated heterocycles. The number of aliphatic carboxylic acids is 1. The maximum Gasteiger partial charge on any atom is 0.408 e. The highest BCUT2D eigenvalue weighted by atomic mass is 19.2. The molecule has 2 aliphatic rings. The lowest BCUT2D eigenvalue weighted by molar-refractivity contribution is -0.171. The molecule has 0 bridgehead atoms. The Bertz CT molecular complexity index is 3680. The highest BCUT2D eigenvalue weighted by Gasteiger charge is 2.36. The van der Waals surface area contributed by atoms with Gasteiger partial charge in [0, 0.05) is 64.9 Å². The van der Waals surface area contributed by atoms with E-state index in [2.05, 4.69) is 33.2 Å². The molecule has 7 rings (SSSR count). The maximum atomic E-state index is 13.3. The molecule has 0 aliphatic carbocycles. The summed E-state index contributed by atoms with van der Waals surface area (Å²) in [5.74, 6) is -9.14. The second kappa shape index (κ2) is 45.3. The Kier molecular flexibility index (Phi) is 39.6. The van der Waals surface area contributed by atoms with Gasteiger partial charge in [-0.3, -0.25) is 9.63 Å². The summed E-state index contributed by atoms with van der Waals surface area (Å²) in [5.41, 5.74) is -1.94. The number of nitrogens with zero attached hydrogens (tertiary/aromatic N) is 1. The fourth-order valence-corrected chi connectivity index (χ4v) is 9.26. The normalized spacial score (nSPS) is 14.3. The van der Waals surface area contributed by atoms with Crippen LogP contribution in [-0.2, 0) is 84.5 Å². The average molecular weight is 1590 g/mol. The Morgan fingerprint density at radius 2 is 0.712 bits per heavy atom. The van der Waals surface area contributed by atoms with E-state index in [0.717, 1.165) is 78.9 Å². The molecular formula is C78H104F10N6O17. The number of hydroxylamine groups is 2. The number of likely N-dealkylation sites (N-methyl/N-ethyl adjacent to an activating group) is 1. The van der Waals surface area contributed by atoms with E-state index in [-0.39, 0.29) is 62.4 Å². The fourth-order valence-electron chi connectivity index (χ4n) is 9.26. The van der Waals surface area contributed by atoms with Crippen LogP contribution in [0.1, 0.15) is 146 Å². The van der Waals surface area contributed by atoms with Crippen molar-refractivity contribution in [3.63, 3.8) is 0 Å². The molecular weight excluding hydrogens is 1480 g/mol. The molecule has 0 saturated carbocycles. The van der Waals surface area contributed by atoms with E-state index in [0.29, 0.717) is 30.1 Å². The van der Waals surface area contributed by atoms with Crippen LogP contribution in [0.3, 0.4) is 0 Å². The van der Waals surface area contributed by atoms with Crippen LogP contribution in [0.25, 0.3) is 0 Å². The quantitative estimate of drug-likeness (QED) is 0.00993. The molecule has 33 heteroatoms. The summed E-state index contributed by atoms with van der Waals surface area (Å²) in [4.78, 5) is 97.5. The number of halogens is 10. The molecule has 0 radical (unpaired) electrons. The largest absolute Gasteiger partial charge is 0.480 e. The van der Waals surface area contributed by atoms with E-state index in [1.54, 1.807) is 104 Å². The molecule has 23 nitrogen and oxygen atoms in total. The van der Waals surface area contributed by atoms with Gasteiger partial charge in [-0.2, -0.15) is 0 Å². The summed E-state index contributed by atoms with van der Waals surface area (Å²) in [6.45, 7) is 31.6. The van der Waals surface area contributed by atoms with Gasteiger partial charge in [-0.15, -0.1) is 6.58 Å². The molecule has 5 aromatic carbocycles. The molecule has 0 aromatic heterocycles. The number of aldehydes is 1. The van der Waals surface area contributed by atoms with Crippen molar-refractivity contribution in [2.45, 2.75) is 213 Å². The standard InChI is InChI=1S/C16H22F2N2O4.C15H19F2NO3.C15H19F2NO2.C14H17F2NO4.C14H17F2NO3.C4H8O.H2/c1-16(2,3)24-15(22)19-13(14(21)20(4)23-5)8-10-6-11(17)9-12(18)7-10;1-15(2,3)21-14(19)18-12(13-8-20-13)6-9-4-10(16)7-11(17)5-9;1-5-13(18-14(19)20-15(2,3)4)8-10-6-11(16)9-12(17)7-10;1-14(2,3)21-13(20)17-11(12(18)19)6-8-4-9(15)7-10(16)5-8;1-14(2,3)20-13(19)17-12(8-18)6-9-4-10(15)7-11(16)5-9;1-2-4-5-3-1;/h6-7,9,13H,8H2,1-5H3,(H,19,22);4-5,7,12-13H,6,8H2,1-3H3,(H,18,19);5-7,9,13H,1,8H2,2-4H3,(H,18,19);4-5,7,11H,6H2,1-3H3,(H,17,20)(H,18,19);4-5,7-8,12H,6H2,1-3H3,(H,17,19);1-4H2;1H/t;12?,13-;;;;;/m.0...../s1/i;;;;;;1+1. The van der Waals surface area contributed by atoms with E-state index in [4.69, 9.17) is 43.1 Å². The van der Waals surface area contributed by atoms with Gasteiger partial charge in [0.25, 0.3) is 5.91 Å². The van der Waals surface area contributed by atoms with Crippen LogP contribution in [0.15, 0.2) is 104 Å². The third-order valence-electron chi connectivity index (χ3n) is 13.6. The van der Waals surface area contributed by atoms with E-state index in [9.17, 15) is 82.3 Å². The second-order valence-corrected chi connectivity index (χ2v) is 30.0. The Hall–Kier alpha value is -10.0. The number of carbonyl (C=O) groups excluding carboxylic acids is 7. The van der Waals surface area contributed by atoms with Crippen LogP contribution in [0.5, 0.6) is 0 Å². The zero-order valence-corrected chi connectivity index (χ0v) is 65.3. The molecule has 6 amide bonds. The Labute approximate surface area is 641 Å². The molecule has 6 atom stereocenters. The van der Waals surface area contributed by atoms with E-state index in [1.165, 1.54) is 57.3 Å². The van der Waals surface area contributed by atoms with E-state index >= 15 is 0 Å². The predicted octanol–water partition coefficient (Wildman–Crippen LogP) is 14.9. The summed E-state index contributed by atoms with van der Waals surface area (Å²) in [6.07, 6.45) is 0.847. The minimum atomic E-state index is -1.35. The SMILES string of the molecule is C1CCOC1.C=CC(Cc1cc(F)cc(F)c1)NC(=O)OC(C)(C)C.CC(C)(C)OC(=O)NC(C=O)Cc1cc(F)cc(F)c1.CC(C)(C)OC(=O)NC(Cc1cc(F)cc(F)c1)C(=O)O.CC(C)(C)OC(=O)NC(Cc1cc(F)cc(F)c1)[C@@H]1CO1.CON(C)C(=O)C(Cc1cc(F)cc(F)c1)NC(=O)OC(C)(C)C.[2HH]. The van der Waals surface area contributed by atoms with Crippen molar-refractivity contribution in [3.05, 3.63) is 190 Å². The highest BCUT2D eigenvalue weighted by molar-refractivity contribution is 5.85. The van der Waals surface area contributed by atoms with Crippen LogP contribution >= 0.6 is 0 Å². The fraction of sp³-hybridized carbons (Fsp3) is 0.487. The van der Waals surface area contributed by atoms with Crippen molar-refractivity contribution in [1.82, 2.24) is 31.6 Å². The summed E-state index contributed by atoms with van der Waals surface area (Å²) in [6, 6.07) is 10.9. The lowest BCUT2D eigenvalue weighted by Gasteiger charge is -2.25. The first-order valence-electron chi connectivity index (χ1n) is 34.7. The predicted molar refractivity (Wildman–Crippen MR) is 392 cm³/mol. The molecule has 618 valence electrons. The first-order chi connectivity index (χ1) is 51.2. The van der Waals surface area contributed by atoms with E-state index in [1.807, 2.05) is 0 Å². The number of carbonyl (C=O) groups is 8. The lowest BCUT2D eigenvalue weighted by atomic mass is 10.0. The summed E-state index contributed by atoms with van der Waals surface area (Å²) in [7, 11) is 2.64. The minimum Gasteiger partial charge on any atom is -0.480 e. The number of alkyl carbamates (subject to hydrolysis) is 5. The molecule has 5 unspecified atom stereocenters.